The third-order valence-electron chi connectivity index (χ3n) is 7.45. The van der Waals surface area contributed by atoms with Gasteiger partial charge in [0.2, 0.25) is 5.91 Å². The molecule has 40 heavy (non-hydrogen) atoms. The van der Waals surface area contributed by atoms with Crippen molar-refractivity contribution >= 4 is 45.8 Å². The molecule has 3 heterocycles. The number of amides is 1. The second kappa shape index (κ2) is 11.7. The summed E-state index contributed by atoms with van der Waals surface area (Å²) in [6, 6.07) is 12.6. The maximum Gasteiger partial charge on any atom is 0.331 e. The number of nitrogens with zero attached hydrogens (tertiary/aromatic N) is 5. The van der Waals surface area contributed by atoms with Crippen LogP contribution in [0.5, 0.6) is 6.01 Å². The second-order valence-electron chi connectivity index (χ2n) is 10.4. The lowest BCUT2D eigenvalue weighted by atomic mass is 10.0. The highest BCUT2D eigenvalue weighted by Crippen LogP contribution is 2.37. The number of likely N-dealkylation sites (N-methyl/N-ethyl adjacent to an activating group) is 1. The van der Waals surface area contributed by atoms with Crippen LogP contribution in [0.2, 0.25) is 5.02 Å². The van der Waals surface area contributed by atoms with Crippen LogP contribution in [-0.4, -0.2) is 72.7 Å². The van der Waals surface area contributed by atoms with Gasteiger partial charge in [0, 0.05) is 61.5 Å². The van der Waals surface area contributed by atoms with Crippen LogP contribution in [0.4, 0.5) is 11.5 Å². The minimum atomic E-state index is -0.518. The molecule has 3 aromatic rings. The Labute approximate surface area is 239 Å². The van der Waals surface area contributed by atoms with Crippen molar-refractivity contribution in [1.29, 1.82) is 0 Å². The van der Waals surface area contributed by atoms with Crippen molar-refractivity contribution in [1.82, 2.24) is 14.9 Å². The highest BCUT2D eigenvalue weighted by atomic mass is 35.5. The quantitative estimate of drug-likeness (QED) is 0.309. The van der Waals surface area contributed by atoms with Crippen LogP contribution in [-0.2, 0) is 27.3 Å². The van der Waals surface area contributed by atoms with Crippen molar-refractivity contribution in [3.63, 3.8) is 0 Å². The predicted molar refractivity (Wildman–Crippen MR) is 156 cm³/mol. The zero-order valence-electron chi connectivity index (χ0n) is 23.3. The van der Waals surface area contributed by atoms with E-state index >= 15 is 0 Å². The number of methoxy groups -OCH3 is 1. The molecule has 1 aromatic heterocycles. The Morgan fingerprint density at radius 3 is 2.65 bits per heavy atom. The Hall–Kier alpha value is -3.85. The average Bonchev–Trinajstić information content (AvgIpc) is 3.45. The summed E-state index contributed by atoms with van der Waals surface area (Å²) in [6.07, 6.45) is 3.80. The molecule has 5 rings (SSSR count). The largest absolute Gasteiger partial charge is 0.467 e. The molecule has 1 atom stereocenters. The van der Waals surface area contributed by atoms with Gasteiger partial charge in [-0.05, 0) is 44.2 Å². The summed E-state index contributed by atoms with van der Waals surface area (Å²) in [6.45, 7) is 6.06. The molecule has 1 unspecified atom stereocenters. The van der Waals surface area contributed by atoms with Crippen molar-refractivity contribution in [3.8, 4) is 6.01 Å². The Bertz CT molecular complexity index is 1450. The summed E-state index contributed by atoms with van der Waals surface area (Å²) in [5.74, 6) is 0.104. The van der Waals surface area contributed by atoms with Crippen LogP contribution in [0, 0.1) is 0 Å². The van der Waals surface area contributed by atoms with E-state index in [-0.39, 0.29) is 18.1 Å². The highest BCUT2D eigenvalue weighted by Gasteiger charge is 2.32. The number of carbonyl (C=O) groups excluding carboxylic acids is 2. The van der Waals surface area contributed by atoms with Crippen LogP contribution in [0.15, 0.2) is 48.6 Å². The van der Waals surface area contributed by atoms with Gasteiger partial charge in [0.15, 0.2) is 0 Å². The molecule has 210 valence electrons. The summed E-state index contributed by atoms with van der Waals surface area (Å²) < 4.78 is 10.6. The van der Waals surface area contributed by atoms with Crippen molar-refractivity contribution in [2.45, 2.75) is 45.4 Å². The van der Waals surface area contributed by atoms with E-state index in [1.54, 1.807) is 25.9 Å². The number of esters is 1. The molecule has 1 fully saturated rings. The third-order valence-corrected chi connectivity index (χ3v) is 7.76. The number of ether oxygens (including phenoxy) is 2. The highest BCUT2D eigenvalue weighted by molar-refractivity contribution is 6.36. The first-order chi connectivity index (χ1) is 19.2. The number of hydrogen-bond acceptors (Lipinski definition) is 8. The number of aromatic nitrogens is 2. The van der Waals surface area contributed by atoms with E-state index in [2.05, 4.69) is 34.1 Å². The number of rotatable bonds is 7. The molecule has 0 N–H and O–H groups in total. The van der Waals surface area contributed by atoms with Gasteiger partial charge in [-0.25, -0.2) is 4.79 Å². The molecule has 0 saturated carbocycles. The standard InChI is InChI=1S/C30H34ClN5O4/c1-19(2)40-27(38)12-11-26(37)36-15-13-21(17-36)34(3)29-22-14-16-35(18-24(22)32-30(33-29)39-4)25-10-6-8-20-7-5-9-23(31)28(20)25/h5-12,19,21H,13-18H2,1-4H3/b12-11+. The zero-order valence-corrected chi connectivity index (χ0v) is 24.0. The van der Waals surface area contributed by atoms with E-state index in [1.807, 2.05) is 19.2 Å². The van der Waals surface area contributed by atoms with E-state index in [0.717, 1.165) is 57.9 Å². The smallest absolute Gasteiger partial charge is 0.331 e. The summed E-state index contributed by atoms with van der Waals surface area (Å²) >= 11 is 6.62. The van der Waals surface area contributed by atoms with Crippen LogP contribution >= 0.6 is 11.6 Å². The first kappa shape index (κ1) is 27.7. The number of hydrogen-bond donors (Lipinski definition) is 0. The van der Waals surface area contributed by atoms with Gasteiger partial charge >= 0.3 is 12.0 Å². The van der Waals surface area contributed by atoms with Crippen LogP contribution < -0.4 is 14.5 Å². The van der Waals surface area contributed by atoms with Crippen molar-refractivity contribution in [2.24, 2.45) is 0 Å². The molecule has 9 nitrogen and oxygen atoms in total. The van der Waals surface area contributed by atoms with Crippen molar-refractivity contribution < 1.29 is 19.1 Å². The molecule has 10 heteroatoms. The van der Waals surface area contributed by atoms with Crippen molar-refractivity contribution in [3.05, 3.63) is 64.8 Å². The van der Waals surface area contributed by atoms with E-state index < -0.39 is 5.97 Å². The third kappa shape index (κ3) is 5.70. The molecule has 0 aliphatic carbocycles. The summed E-state index contributed by atoms with van der Waals surface area (Å²) in [4.78, 5) is 40.2. The lowest BCUT2D eigenvalue weighted by Crippen LogP contribution is -2.39. The van der Waals surface area contributed by atoms with E-state index in [1.165, 1.54) is 12.2 Å². The van der Waals surface area contributed by atoms with Crippen molar-refractivity contribution in [2.75, 3.05) is 43.6 Å². The van der Waals surface area contributed by atoms with Gasteiger partial charge in [-0.3, -0.25) is 4.79 Å². The molecule has 2 aliphatic heterocycles. The summed E-state index contributed by atoms with van der Waals surface area (Å²) in [5.41, 5.74) is 3.09. The fourth-order valence-electron chi connectivity index (χ4n) is 5.46. The Balaban J connectivity index is 1.35. The maximum atomic E-state index is 12.7. The Morgan fingerprint density at radius 1 is 1.12 bits per heavy atom. The predicted octanol–water partition coefficient (Wildman–Crippen LogP) is 4.40. The topological polar surface area (TPSA) is 88.1 Å². The van der Waals surface area contributed by atoms with E-state index in [4.69, 9.17) is 31.0 Å². The number of fused-ring (bicyclic) bond motifs is 2. The number of carbonyl (C=O) groups is 2. The number of likely N-dealkylation sites (tertiary alicyclic amines) is 1. The molecule has 1 amide bonds. The number of anilines is 2. The van der Waals surface area contributed by atoms with Crippen LogP contribution in [0.25, 0.3) is 10.8 Å². The maximum absolute atomic E-state index is 12.7. The Kier molecular flexibility index (Phi) is 8.12. The monoisotopic (exact) mass is 563 g/mol. The van der Waals surface area contributed by atoms with E-state index in [0.29, 0.717) is 25.6 Å². The number of benzene rings is 2. The van der Waals surface area contributed by atoms with Gasteiger partial charge in [0.1, 0.15) is 5.82 Å². The van der Waals surface area contributed by atoms with E-state index in [9.17, 15) is 9.59 Å². The minimum Gasteiger partial charge on any atom is -0.467 e. The SMILES string of the molecule is COc1nc2c(c(N(C)C3CCN(C(=O)/C=C/C(=O)OC(C)C)C3)n1)CCN(c1cccc3cccc(Cl)c13)C2. The fourth-order valence-corrected chi connectivity index (χ4v) is 5.74. The van der Waals surface area contributed by atoms with Gasteiger partial charge in [-0.1, -0.05) is 35.9 Å². The van der Waals surface area contributed by atoms with Gasteiger partial charge in [0.05, 0.1) is 30.5 Å². The minimum absolute atomic E-state index is 0.0681. The Morgan fingerprint density at radius 2 is 1.90 bits per heavy atom. The zero-order chi connectivity index (χ0) is 28.4. The molecular formula is C30H34ClN5O4. The van der Waals surface area contributed by atoms with Crippen LogP contribution in [0.1, 0.15) is 31.5 Å². The molecule has 0 spiro atoms. The normalized spacial score (nSPS) is 17.0. The lowest BCUT2D eigenvalue weighted by molar-refractivity contribution is -0.141. The lowest BCUT2D eigenvalue weighted by Gasteiger charge is -2.34. The summed E-state index contributed by atoms with van der Waals surface area (Å²) in [5, 5.41) is 2.87. The van der Waals surface area contributed by atoms with Gasteiger partial charge in [-0.15, -0.1) is 0 Å². The average molecular weight is 564 g/mol. The second-order valence-corrected chi connectivity index (χ2v) is 10.8. The molecule has 1 saturated heterocycles. The summed E-state index contributed by atoms with van der Waals surface area (Å²) in [7, 11) is 3.58. The van der Waals surface area contributed by atoms with Gasteiger partial charge < -0.3 is 24.2 Å². The molecular weight excluding hydrogens is 530 g/mol. The molecule has 0 bridgehead atoms. The first-order valence-electron chi connectivity index (χ1n) is 13.5. The van der Waals surface area contributed by atoms with Gasteiger partial charge in [0.25, 0.3) is 0 Å². The van der Waals surface area contributed by atoms with Gasteiger partial charge in [-0.2, -0.15) is 9.97 Å². The first-order valence-corrected chi connectivity index (χ1v) is 13.9. The molecule has 2 aromatic carbocycles. The van der Waals surface area contributed by atoms with Crippen LogP contribution in [0.3, 0.4) is 0 Å². The molecule has 0 radical (unpaired) electrons. The molecule has 2 aliphatic rings. The fraction of sp³-hybridized carbons (Fsp3) is 0.400. The number of halogens is 1.